The molecule has 34 heavy (non-hydrogen) atoms. The normalized spacial score (nSPS) is 10.4. The van der Waals surface area contributed by atoms with Crippen molar-refractivity contribution in [3.63, 3.8) is 0 Å². The van der Waals surface area contributed by atoms with Gasteiger partial charge < -0.3 is 19.1 Å². The third kappa shape index (κ3) is 4.89. The lowest BCUT2D eigenvalue weighted by Gasteiger charge is -2.25. The van der Waals surface area contributed by atoms with E-state index < -0.39 is 0 Å². The molecule has 5 heteroatoms. The number of rotatable bonds is 8. The average Bonchev–Trinajstić information content (AvgIpc) is 2.91. The van der Waals surface area contributed by atoms with Gasteiger partial charge in [-0.2, -0.15) is 0 Å². The van der Waals surface area contributed by atoms with Crippen LogP contribution >= 0.6 is 0 Å². The van der Waals surface area contributed by atoms with Gasteiger partial charge in [0.15, 0.2) is 0 Å². The first kappa shape index (κ1) is 22.9. The Morgan fingerprint density at radius 3 is 2.03 bits per heavy atom. The highest BCUT2D eigenvalue weighted by atomic mass is 16.5. The largest absolute Gasteiger partial charge is 0.497 e. The lowest BCUT2D eigenvalue weighted by Crippen LogP contribution is -2.31. The van der Waals surface area contributed by atoms with Crippen molar-refractivity contribution >= 4 is 11.6 Å². The minimum atomic E-state index is -0.174. The summed E-state index contributed by atoms with van der Waals surface area (Å²) in [6, 6.07) is 31.0. The first-order valence-corrected chi connectivity index (χ1v) is 11.0. The molecule has 0 aliphatic carbocycles. The quantitative estimate of drug-likeness (QED) is 0.317. The van der Waals surface area contributed by atoms with Crippen LogP contribution in [0.15, 0.2) is 97.1 Å². The van der Waals surface area contributed by atoms with Crippen molar-refractivity contribution in [3.8, 4) is 28.4 Å². The molecule has 0 fully saturated rings. The number of benzene rings is 4. The predicted octanol–water partition coefficient (Wildman–Crippen LogP) is 6.23. The molecule has 0 aliphatic rings. The Hall–Kier alpha value is -4.25. The molecule has 0 bridgehead atoms. The maximum absolute atomic E-state index is 13.9. The van der Waals surface area contributed by atoms with Crippen LogP contribution in [0.1, 0.15) is 15.9 Å². The Morgan fingerprint density at radius 2 is 1.35 bits per heavy atom. The highest BCUT2D eigenvalue weighted by Gasteiger charge is 2.23. The summed E-state index contributed by atoms with van der Waals surface area (Å²) in [5, 5.41) is 0. The van der Waals surface area contributed by atoms with Crippen LogP contribution in [0, 0.1) is 0 Å². The van der Waals surface area contributed by atoms with Gasteiger partial charge in [0, 0.05) is 11.8 Å². The second-order valence-electron chi connectivity index (χ2n) is 7.68. The minimum absolute atomic E-state index is 0.174. The molecule has 1 amide bonds. The van der Waals surface area contributed by atoms with Gasteiger partial charge in [-0.3, -0.25) is 4.79 Å². The Bertz CT molecular complexity index is 1250. The number of ether oxygens (including phenoxy) is 3. The molecule has 0 saturated heterocycles. The zero-order valence-corrected chi connectivity index (χ0v) is 19.5. The fourth-order valence-electron chi connectivity index (χ4n) is 3.89. The summed E-state index contributed by atoms with van der Waals surface area (Å²) in [6.45, 7) is 0.380. The second kappa shape index (κ2) is 10.6. The number of hydrogen-bond acceptors (Lipinski definition) is 4. The van der Waals surface area contributed by atoms with Crippen LogP contribution in [-0.4, -0.2) is 27.2 Å². The first-order valence-electron chi connectivity index (χ1n) is 11.0. The van der Waals surface area contributed by atoms with Crippen molar-refractivity contribution in [1.82, 2.24) is 0 Å². The molecule has 0 spiro atoms. The van der Waals surface area contributed by atoms with E-state index in [1.165, 1.54) is 0 Å². The van der Waals surface area contributed by atoms with Crippen molar-refractivity contribution in [3.05, 3.63) is 108 Å². The number of carbonyl (C=O) groups is 1. The Kier molecular flexibility index (Phi) is 7.13. The lowest BCUT2D eigenvalue weighted by molar-refractivity contribution is 0.0982. The molecule has 0 unspecified atom stereocenters. The van der Waals surface area contributed by atoms with E-state index >= 15 is 0 Å². The monoisotopic (exact) mass is 453 g/mol. The summed E-state index contributed by atoms with van der Waals surface area (Å²) < 4.78 is 16.1. The highest BCUT2D eigenvalue weighted by Crippen LogP contribution is 2.31. The molecular formula is C29H27NO4. The molecule has 172 valence electrons. The van der Waals surface area contributed by atoms with Gasteiger partial charge in [-0.15, -0.1) is 0 Å². The maximum Gasteiger partial charge on any atom is 0.262 e. The summed E-state index contributed by atoms with van der Waals surface area (Å²) in [4.78, 5) is 15.7. The molecule has 5 nitrogen and oxygen atoms in total. The van der Waals surface area contributed by atoms with E-state index in [0.717, 1.165) is 28.1 Å². The highest BCUT2D eigenvalue weighted by molar-refractivity contribution is 6.08. The van der Waals surface area contributed by atoms with E-state index in [0.29, 0.717) is 23.6 Å². The Morgan fingerprint density at radius 1 is 0.706 bits per heavy atom. The van der Waals surface area contributed by atoms with Gasteiger partial charge in [-0.1, -0.05) is 54.6 Å². The minimum Gasteiger partial charge on any atom is -0.497 e. The van der Waals surface area contributed by atoms with Crippen LogP contribution < -0.4 is 19.1 Å². The molecule has 4 rings (SSSR count). The van der Waals surface area contributed by atoms with Gasteiger partial charge in [-0.05, 0) is 53.1 Å². The summed E-state index contributed by atoms with van der Waals surface area (Å²) >= 11 is 0. The molecule has 0 saturated carbocycles. The molecule has 0 heterocycles. The van der Waals surface area contributed by atoms with Crippen molar-refractivity contribution in [2.75, 3.05) is 26.2 Å². The van der Waals surface area contributed by atoms with Gasteiger partial charge in [0.1, 0.15) is 17.2 Å². The van der Waals surface area contributed by atoms with Crippen LogP contribution in [0.2, 0.25) is 0 Å². The molecule has 0 N–H and O–H groups in total. The topological polar surface area (TPSA) is 48.0 Å². The molecule has 0 atom stereocenters. The van der Waals surface area contributed by atoms with E-state index in [2.05, 4.69) is 24.3 Å². The first-order chi connectivity index (χ1) is 16.6. The Balaban J connectivity index is 1.78. The van der Waals surface area contributed by atoms with E-state index in [9.17, 15) is 4.79 Å². The number of amides is 1. The van der Waals surface area contributed by atoms with Crippen LogP contribution in [-0.2, 0) is 6.54 Å². The zero-order chi connectivity index (χ0) is 23.9. The fraction of sp³-hybridized carbons (Fsp3) is 0.138. The van der Waals surface area contributed by atoms with Gasteiger partial charge in [0.25, 0.3) is 5.91 Å². The SMILES string of the molecule is COc1ccc(N(Cc2ccccc2-c2ccccc2)C(=O)c2ccc(OC)cc2OC)cc1. The predicted molar refractivity (Wildman–Crippen MR) is 135 cm³/mol. The molecule has 4 aromatic carbocycles. The maximum atomic E-state index is 13.9. The van der Waals surface area contributed by atoms with E-state index in [-0.39, 0.29) is 5.91 Å². The number of methoxy groups -OCH3 is 3. The Labute approximate surface area is 200 Å². The smallest absolute Gasteiger partial charge is 0.262 e. The van der Waals surface area contributed by atoms with Gasteiger partial charge in [0.05, 0.1) is 33.4 Å². The number of nitrogens with zero attached hydrogens (tertiary/aromatic N) is 1. The zero-order valence-electron chi connectivity index (χ0n) is 19.5. The molecule has 0 aromatic heterocycles. The summed E-state index contributed by atoms with van der Waals surface area (Å²) in [6.07, 6.45) is 0. The number of hydrogen-bond donors (Lipinski definition) is 0. The van der Waals surface area contributed by atoms with Crippen LogP contribution in [0.3, 0.4) is 0 Å². The fourth-order valence-corrected chi connectivity index (χ4v) is 3.89. The second-order valence-corrected chi connectivity index (χ2v) is 7.68. The van der Waals surface area contributed by atoms with Crippen LogP contribution in [0.4, 0.5) is 5.69 Å². The number of anilines is 1. The summed E-state index contributed by atoms with van der Waals surface area (Å²) in [5.74, 6) is 1.63. The van der Waals surface area contributed by atoms with E-state index in [4.69, 9.17) is 14.2 Å². The molecule has 0 radical (unpaired) electrons. The lowest BCUT2D eigenvalue weighted by atomic mass is 9.99. The van der Waals surface area contributed by atoms with Gasteiger partial charge >= 0.3 is 0 Å². The molecule has 4 aromatic rings. The standard InChI is InChI=1S/C29H27NO4/c1-32-24-15-13-23(14-16-24)30(29(31)27-18-17-25(33-2)19-28(27)34-3)20-22-11-7-8-12-26(22)21-9-5-4-6-10-21/h4-19H,20H2,1-3H3. The van der Waals surface area contributed by atoms with E-state index in [1.807, 2.05) is 54.6 Å². The summed E-state index contributed by atoms with van der Waals surface area (Å²) in [5.41, 5.74) is 4.42. The van der Waals surface area contributed by atoms with Crippen LogP contribution in [0.5, 0.6) is 17.2 Å². The van der Waals surface area contributed by atoms with Crippen LogP contribution in [0.25, 0.3) is 11.1 Å². The average molecular weight is 454 g/mol. The van der Waals surface area contributed by atoms with Crippen molar-refractivity contribution in [2.45, 2.75) is 6.54 Å². The van der Waals surface area contributed by atoms with Gasteiger partial charge in [0.2, 0.25) is 0 Å². The summed E-state index contributed by atoms with van der Waals surface area (Å²) in [7, 11) is 4.75. The third-order valence-corrected chi connectivity index (χ3v) is 5.70. The van der Waals surface area contributed by atoms with Crippen molar-refractivity contribution in [1.29, 1.82) is 0 Å². The van der Waals surface area contributed by atoms with E-state index in [1.54, 1.807) is 44.4 Å². The van der Waals surface area contributed by atoms with Gasteiger partial charge in [-0.25, -0.2) is 0 Å². The van der Waals surface area contributed by atoms with Crippen molar-refractivity contribution in [2.24, 2.45) is 0 Å². The molecule has 0 aliphatic heterocycles. The molecular weight excluding hydrogens is 426 g/mol. The van der Waals surface area contributed by atoms with Crippen molar-refractivity contribution < 1.29 is 19.0 Å². The number of carbonyl (C=O) groups excluding carboxylic acids is 1. The third-order valence-electron chi connectivity index (χ3n) is 5.70.